The fraction of sp³-hybridized carbons (Fsp3) is 0.235. The maximum Gasteiger partial charge on any atom is 0.146 e. The van der Waals surface area contributed by atoms with Crippen LogP contribution in [0.4, 0.5) is 0 Å². The van der Waals surface area contributed by atoms with Crippen LogP contribution >= 0.6 is 11.3 Å². The number of pyridine rings is 1. The van der Waals surface area contributed by atoms with E-state index < -0.39 is 0 Å². The second-order valence-electron chi connectivity index (χ2n) is 5.23. The molecule has 3 nitrogen and oxygen atoms in total. The molecule has 1 aromatic carbocycles. The van der Waals surface area contributed by atoms with Crippen molar-refractivity contribution in [3.63, 3.8) is 0 Å². The predicted molar refractivity (Wildman–Crippen MR) is 87.8 cm³/mol. The molecule has 0 saturated heterocycles. The first-order valence-corrected chi connectivity index (χ1v) is 7.90. The van der Waals surface area contributed by atoms with Crippen molar-refractivity contribution in [3.8, 4) is 5.75 Å². The van der Waals surface area contributed by atoms with Crippen LogP contribution in [0.3, 0.4) is 0 Å². The molecule has 0 bridgehead atoms. The number of rotatable bonds is 4. The van der Waals surface area contributed by atoms with Crippen LogP contribution in [-0.2, 0) is 0 Å². The third-order valence-corrected chi connectivity index (χ3v) is 4.13. The summed E-state index contributed by atoms with van der Waals surface area (Å²) < 4.78 is 6.21. The molecule has 0 fully saturated rings. The van der Waals surface area contributed by atoms with E-state index >= 15 is 0 Å². The molecular formula is C17H18N2OS. The van der Waals surface area contributed by atoms with Crippen molar-refractivity contribution in [2.45, 2.75) is 26.0 Å². The Kier molecular flexibility index (Phi) is 3.90. The van der Waals surface area contributed by atoms with E-state index in [9.17, 15) is 0 Å². The van der Waals surface area contributed by atoms with Gasteiger partial charge in [-0.2, -0.15) is 11.3 Å². The van der Waals surface area contributed by atoms with Crippen LogP contribution in [0.15, 0.2) is 47.2 Å². The fourth-order valence-electron chi connectivity index (χ4n) is 2.37. The highest BCUT2D eigenvalue weighted by molar-refractivity contribution is 7.07. The summed E-state index contributed by atoms with van der Waals surface area (Å²) in [6.45, 7) is 3.95. The second kappa shape index (κ2) is 5.84. The lowest BCUT2D eigenvalue weighted by atomic mass is 10.1. The van der Waals surface area contributed by atoms with E-state index in [1.165, 1.54) is 0 Å². The molecule has 2 unspecified atom stereocenters. The third-order valence-electron chi connectivity index (χ3n) is 3.43. The third kappa shape index (κ3) is 2.91. The zero-order valence-corrected chi connectivity index (χ0v) is 12.9. The van der Waals surface area contributed by atoms with E-state index in [2.05, 4.69) is 22.5 Å². The Morgan fingerprint density at radius 3 is 2.76 bits per heavy atom. The molecule has 2 atom stereocenters. The molecule has 0 aliphatic heterocycles. The van der Waals surface area contributed by atoms with Crippen molar-refractivity contribution < 1.29 is 4.74 Å². The molecule has 4 heteroatoms. The number of aryl methyl sites for hydroxylation is 1. The van der Waals surface area contributed by atoms with E-state index in [1.807, 2.05) is 43.5 Å². The Morgan fingerprint density at radius 2 is 2.05 bits per heavy atom. The topological polar surface area (TPSA) is 48.1 Å². The second-order valence-corrected chi connectivity index (χ2v) is 6.01. The molecule has 2 N–H and O–H groups in total. The van der Waals surface area contributed by atoms with Gasteiger partial charge in [-0.15, -0.1) is 0 Å². The summed E-state index contributed by atoms with van der Waals surface area (Å²) in [5.41, 5.74) is 9.09. The summed E-state index contributed by atoms with van der Waals surface area (Å²) >= 11 is 1.65. The van der Waals surface area contributed by atoms with Crippen LogP contribution in [0.5, 0.6) is 5.75 Å². The van der Waals surface area contributed by atoms with Gasteiger partial charge in [0, 0.05) is 22.7 Å². The van der Waals surface area contributed by atoms with Crippen LogP contribution in [-0.4, -0.2) is 11.0 Å². The molecule has 2 aromatic heterocycles. The van der Waals surface area contributed by atoms with Crippen LogP contribution < -0.4 is 10.5 Å². The number of ether oxygens (including phenoxy) is 1. The van der Waals surface area contributed by atoms with Crippen LogP contribution in [0, 0.1) is 6.92 Å². The van der Waals surface area contributed by atoms with Crippen molar-refractivity contribution in [2.75, 3.05) is 0 Å². The monoisotopic (exact) mass is 298 g/mol. The molecule has 2 heterocycles. The van der Waals surface area contributed by atoms with Gasteiger partial charge in [-0.25, -0.2) is 4.98 Å². The van der Waals surface area contributed by atoms with Gasteiger partial charge in [-0.3, -0.25) is 0 Å². The van der Waals surface area contributed by atoms with E-state index in [0.29, 0.717) is 0 Å². The summed E-state index contributed by atoms with van der Waals surface area (Å²) in [6, 6.07) is 12.0. The Balaban J connectivity index is 2.02. The van der Waals surface area contributed by atoms with Gasteiger partial charge in [0.1, 0.15) is 17.4 Å². The predicted octanol–water partition coefficient (Wildman–Crippen LogP) is 4.07. The largest absolute Gasteiger partial charge is 0.482 e. The van der Waals surface area contributed by atoms with E-state index in [-0.39, 0.29) is 12.1 Å². The smallest absolute Gasteiger partial charge is 0.146 e. The highest BCUT2D eigenvalue weighted by Crippen LogP contribution is 2.30. The van der Waals surface area contributed by atoms with Crippen molar-refractivity contribution >= 4 is 22.2 Å². The molecule has 108 valence electrons. The standard InChI is InChI=1S/C17H18N2OS/c1-11-6-7-13-4-3-5-15(16(13)19-11)20-17(12(2)18)14-8-9-21-10-14/h3-10,12,17H,18H2,1-2H3. The summed E-state index contributed by atoms with van der Waals surface area (Å²) in [6.07, 6.45) is -0.163. The van der Waals surface area contributed by atoms with Crippen molar-refractivity contribution in [2.24, 2.45) is 5.73 Å². The highest BCUT2D eigenvalue weighted by Gasteiger charge is 2.20. The highest BCUT2D eigenvalue weighted by atomic mass is 32.1. The number of nitrogens with zero attached hydrogens (tertiary/aromatic N) is 1. The molecule has 0 spiro atoms. The van der Waals surface area contributed by atoms with Gasteiger partial charge in [0.2, 0.25) is 0 Å². The number of nitrogens with two attached hydrogens (primary N) is 1. The first-order chi connectivity index (χ1) is 10.1. The van der Waals surface area contributed by atoms with Crippen LogP contribution in [0.2, 0.25) is 0 Å². The molecular weight excluding hydrogens is 280 g/mol. The average Bonchev–Trinajstić information content (AvgIpc) is 2.98. The number of fused-ring (bicyclic) bond motifs is 1. The summed E-state index contributed by atoms with van der Waals surface area (Å²) in [4.78, 5) is 4.61. The molecule has 0 radical (unpaired) electrons. The SMILES string of the molecule is Cc1ccc2cccc(OC(c3ccsc3)C(C)N)c2n1. The van der Waals surface area contributed by atoms with Gasteiger partial charge in [-0.1, -0.05) is 18.2 Å². The zero-order valence-electron chi connectivity index (χ0n) is 12.1. The molecule has 0 aliphatic carbocycles. The summed E-state index contributed by atoms with van der Waals surface area (Å²) in [5, 5.41) is 5.20. The molecule has 3 aromatic rings. The van der Waals surface area contributed by atoms with Gasteiger partial charge in [0.25, 0.3) is 0 Å². The fourth-order valence-corrected chi connectivity index (χ4v) is 3.05. The lowest BCUT2D eigenvalue weighted by Crippen LogP contribution is -2.28. The zero-order chi connectivity index (χ0) is 14.8. The first-order valence-electron chi connectivity index (χ1n) is 6.96. The van der Waals surface area contributed by atoms with Crippen molar-refractivity contribution in [3.05, 3.63) is 58.4 Å². The lowest BCUT2D eigenvalue weighted by molar-refractivity contribution is 0.183. The minimum absolute atomic E-state index is 0.0975. The van der Waals surface area contributed by atoms with E-state index in [0.717, 1.165) is 27.9 Å². The first kappa shape index (κ1) is 14.0. The average molecular weight is 298 g/mol. The van der Waals surface area contributed by atoms with Gasteiger partial charge >= 0.3 is 0 Å². The minimum atomic E-state index is -0.163. The Hall–Kier alpha value is -1.91. The number of benzene rings is 1. The van der Waals surface area contributed by atoms with E-state index in [1.54, 1.807) is 11.3 Å². The molecule has 21 heavy (non-hydrogen) atoms. The normalized spacial score (nSPS) is 14.0. The number of para-hydroxylation sites is 1. The minimum Gasteiger partial charge on any atom is -0.482 e. The van der Waals surface area contributed by atoms with Gasteiger partial charge in [0.05, 0.1) is 0 Å². The molecule has 0 aliphatic rings. The molecule has 0 saturated carbocycles. The molecule has 0 amide bonds. The van der Waals surface area contributed by atoms with Gasteiger partial charge < -0.3 is 10.5 Å². The Labute approximate surface area is 128 Å². The number of thiophene rings is 1. The quantitative estimate of drug-likeness (QED) is 0.789. The van der Waals surface area contributed by atoms with Gasteiger partial charge in [0.15, 0.2) is 0 Å². The van der Waals surface area contributed by atoms with Crippen LogP contribution in [0.25, 0.3) is 10.9 Å². The lowest BCUT2D eigenvalue weighted by Gasteiger charge is -2.22. The number of hydrogen-bond donors (Lipinski definition) is 1. The number of hydrogen-bond acceptors (Lipinski definition) is 4. The Bertz CT molecular complexity index is 738. The maximum absolute atomic E-state index is 6.21. The Morgan fingerprint density at radius 1 is 1.19 bits per heavy atom. The molecule has 3 rings (SSSR count). The summed E-state index contributed by atoms with van der Waals surface area (Å²) in [5.74, 6) is 0.782. The van der Waals surface area contributed by atoms with Crippen molar-refractivity contribution in [1.82, 2.24) is 4.98 Å². The van der Waals surface area contributed by atoms with Gasteiger partial charge in [-0.05, 0) is 42.8 Å². The van der Waals surface area contributed by atoms with Crippen molar-refractivity contribution in [1.29, 1.82) is 0 Å². The maximum atomic E-state index is 6.21. The van der Waals surface area contributed by atoms with Crippen LogP contribution in [0.1, 0.15) is 24.3 Å². The number of aromatic nitrogens is 1. The summed E-state index contributed by atoms with van der Waals surface area (Å²) in [7, 11) is 0. The van der Waals surface area contributed by atoms with E-state index in [4.69, 9.17) is 10.5 Å².